The van der Waals surface area contributed by atoms with E-state index in [1.165, 1.54) is 26.2 Å². The number of nitrogens with one attached hydrogen (secondary N) is 1. The molecule has 1 N–H and O–H groups in total. The number of carbonyl (C=O) groups is 2. The Morgan fingerprint density at radius 2 is 1.93 bits per heavy atom. The van der Waals surface area contributed by atoms with Gasteiger partial charge in [-0.3, -0.25) is 9.59 Å². The van der Waals surface area contributed by atoms with Gasteiger partial charge in [0.1, 0.15) is 5.82 Å². The molecule has 0 spiro atoms. The van der Waals surface area contributed by atoms with Crippen LogP contribution in [0.2, 0.25) is 0 Å². The van der Waals surface area contributed by atoms with Crippen LogP contribution in [0.5, 0.6) is 11.5 Å². The molecule has 0 saturated heterocycles. The largest absolute Gasteiger partial charge is 0.493 e. The zero-order valence-electron chi connectivity index (χ0n) is 15.2. The normalized spacial score (nSPS) is 10.4. The second-order valence-corrected chi connectivity index (χ2v) is 6.84. The van der Waals surface area contributed by atoms with Crippen LogP contribution >= 0.6 is 15.9 Å². The Kier molecular flexibility index (Phi) is 7.79. The van der Waals surface area contributed by atoms with Crippen molar-refractivity contribution in [1.29, 1.82) is 0 Å². The Morgan fingerprint density at radius 3 is 2.59 bits per heavy atom. The molecule has 7 heteroatoms. The molecule has 1 amide bonds. The zero-order chi connectivity index (χ0) is 19.8. The Balaban J connectivity index is 1.76. The van der Waals surface area contributed by atoms with Crippen LogP contribution in [0.25, 0.3) is 0 Å². The quantitative estimate of drug-likeness (QED) is 0.469. The van der Waals surface area contributed by atoms with Gasteiger partial charge >= 0.3 is 0 Å². The summed E-state index contributed by atoms with van der Waals surface area (Å²) in [7, 11) is 1.50. The van der Waals surface area contributed by atoms with Crippen molar-refractivity contribution in [2.24, 2.45) is 0 Å². The molecule has 0 aromatic heterocycles. The van der Waals surface area contributed by atoms with Crippen LogP contribution in [0.1, 0.15) is 35.7 Å². The van der Waals surface area contributed by atoms with E-state index in [-0.39, 0.29) is 30.5 Å². The molecule has 0 bridgehead atoms. The number of Topliss-reactive ketones (excluding diaryl/α,β-unsaturated/α-hetero) is 1. The van der Waals surface area contributed by atoms with Gasteiger partial charge in [0.2, 0.25) is 5.91 Å². The monoisotopic (exact) mass is 437 g/mol. The average Bonchev–Trinajstić information content (AvgIpc) is 2.62. The maximum atomic E-state index is 13.3. The number of amides is 1. The summed E-state index contributed by atoms with van der Waals surface area (Å²) in [6.07, 6.45) is 0.792. The third-order valence-electron chi connectivity index (χ3n) is 3.79. The van der Waals surface area contributed by atoms with Gasteiger partial charge in [0, 0.05) is 23.0 Å². The molecule has 0 aliphatic carbocycles. The van der Waals surface area contributed by atoms with Crippen LogP contribution in [0.15, 0.2) is 40.9 Å². The van der Waals surface area contributed by atoms with Gasteiger partial charge in [-0.2, -0.15) is 0 Å². The maximum absolute atomic E-state index is 13.3. The average molecular weight is 438 g/mol. The number of benzene rings is 2. The van der Waals surface area contributed by atoms with E-state index in [9.17, 15) is 14.0 Å². The first-order valence-electron chi connectivity index (χ1n) is 8.42. The molecule has 0 aliphatic heterocycles. The lowest BCUT2D eigenvalue weighted by Crippen LogP contribution is -2.23. The predicted octanol–water partition coefficient (Wildman–Crippen LogP) is 4.27. The Bertz CT molecular complexity index is 805. The van der Waals surface area contributed by atoms with E-state index in [0.717, 1.165) is 0 Å². The minimum atomic E-state index is -0.355. The van der Waals surface area contributed by atoms with E-state index >= 15 is 0 Å². The fourth-order valence-corrected chi connectivity index (χ4v) is 2.94. The smallest absolute Gasteiger partial charge is 0.220 e. The highest BCUT2D eigenvalue weighted by Crippen LogP contribution is 2.28. The molecule has 2 aromatic rings. The highest BCUT2D eigenvalue weighted by molar-refractivity contribution is 9.10. The number of hydrogen-bond donors (Lipinski definition) is 1. The van der Waals surface area contributed by atoms with Gasteiger partial charge in [-0.15, -0.1) is 0 Å². The fourth-order valence-electron chi connectivity index (χ4n) is 2.42. The van der Waals surface area contributed by atoms with Crippen molar-refractivity contribution in [2.45, 2.75) is 26.3 Å². The van der Waals surface area contributed by atoms with Crippen LogP contribution in [0, 0.1) is 5.82 Å². The molecule has 2 aromatic carbocycles. The summed E-state index contributed by atoms with van der Waals surface area (Å²) >= 11 is 3.22. The molecule has 0 unspecified atom stereocenters. The van der Waals surface area contributed by atoms with Crippen molar-refractivity contribution in [2.75, 3.05) is 13.7 Å². The Hall–Kier alpha value is -2.41. The summed E-state index contributed by atoms with van der Waals surface area (Å²) in [5.74, 6) is 0.447. The summed E-state index contributed by atoms with van der Waals surface area (Å²) in [6, 6.07) is 9.47. The van der Waals surface area contributed by atoms with Crippen LogP contribution in [0.3, 0.4) is 0 Å². The molecule has 144 valence electrons. The standard InChI is InChI=1S/C20H21BrFNO4/c1-13(24)15-5-6-18(19(10-15)26-2)27-7-3-4-20(25)23-12-14-8-16(21)11-17(22)9-14/h5-6,8-11H,3-4,7,12H2,1-2H3,(H,23,25). The molecule has 0 radical (unpaired) electrons. The van der Waals surface area contributed by atoms with Gasteiger partial charge in [-0.1, -0.05) is 15.9 Å². The molecule has 0 atom stereocenters. The van der Waals surface area contributed by atoms with Gasteiger partial charge in [-0.25, -0.2) is 4.39 Å². The van der Waals surface area contributed by atoms with Crippen LogP contribution in [-0.2, 0) is 11.3 Å². The minimum Gasteiger partial charge on any atom is -0.493 e. The van der Waals surface area contributed by atoms with Crippen molar-refractivity contribution >= 4 is 27.6 Å². The second kappa shape index (κ2) is 10.1. The van der Waals surface area contributed by atoms with Gasteiger partial charge in [0.05, 0.1) is 13.7 Å². The Labute approximate surface area is 166 Å². The number of ether oxygens (including phenoxy) is 2. The molecule has 0 fully saturated rings. The summed E-state index contributed by atoms with van der Waals surface area (Å²) < 4.78 is 24.8. The van der Waals surface area contributed by atoms with Gasteiger partial charge in [0.25, 0.3) is 0 Å². The molecule has 5 nitrogen and oxygen atoms in total. The van der Waals surface area contributed by atoms with Crippen molar-refractivity contribution in [3.05, 3.63) is 57.8 Å². The number of methoxy groups -OCH3 is 1. The molecule has 0 heterocycles. The lowest BCUT2D eigenvalue weighted by Gasteiger charge is -2.11. The first-order chi connectivity index (χ1) is 12.9. The Morgan fingerprint density at radius 1 is 1.15 bits per heavy atom. The summed E-state index contributed by atoms with van der Waals surface area (Å²) in [4.78, 5) is 23.3. The van der Waals surface area contributed by atoms with Crippen LogP contribution in [0.4, 0.5) is 4.39 Å². The highest BCUT2D eigenvalue weighted by Gasteiger charge is 2.09. The molecule has 0 aliphatic rings. The first kappa shape index (κ1) is 20.9. The first-order valence-corrected chi connectivity index (χ1v) is 9.22. The molecule has 27 heavy (non-hydrogen) atoms. The highest BCUT2D eigenvalue weighted by atomic mass is 79.9. The predicted molar refractivity (Wildman–Crippen MR) is 104 cm³/mol. The fraction of sp³-hybridized carbons (Fsp3) is 0.300. The number of carbonyl (C=O) groups excluding carboxylic acids is 2. The summed E-state index contributed by atoms with van der Waals surface area (Å²) in [5.41, 5.74) is 1.23. The van der Waals surface area contributed by atoms with Crippen molar-refractivity contribution in [3.8, 4) is 11.5 Å². The molecule has 0 saturated carbocycles. The van der Waals surface area contributed by atoms with Crippen LogP contribution in [-0.4, -0.2) is 25.4 Å². The topological polar surface area (TPSA) is 64.6 Å². The number of rotatable bonds is 9. The van der Waals surface area contributed by atoms with E-state index in [0.29, 0.717) is 40.1 Å². The van der Waals surface area contributed by atoms with Gasteiger partial charge in [-0.05, 0) is 55.3 Å². The van der Waals surface area contributed by atoms with Crippen LogP contribution < -0.4 is 14.8 Å². The van der Waals surface area contributed by atoms with E-state index in [2.05, 4.69) is 21.2 Å². The summed E-state index contributed by atoms with van der Waals surface area (Å²) in [6.45, 7) is 2.07. The number of halogens is 2. The van der Waals surface area contributed by atoms with E-state index in [1.54, 1.807) is 24.3 Å². The third kappa shape index (κ3) is 6.67. The zero-order valence-corrected chi connectivity index (χ0v) is 16.8. The lowest BCUT2D eigenvalue weighted by molar-refractivity contribution is -0.121. The SMILES string of the molecule is COc1cc(C(C)=O)ccc1OCCCC(=O)NCc1cc(F)cc(Br)c1. The molecular formula is C20H21BrFNO4. The molecular weight excluding hydrogens is 417 g/mol. The number of ketones is 1. The van der Waals surface area contributed by atoms with E-state index in [4.69, 9.17) is 9.47 Å². The lowest BCUT2D eigenvalue weighted by atomic mass is 10.1. The van der Waals surface area contributed by atoms with Crippen molar-refractivity contribution in [1.82, 2.24) is 5.32 Å². The third-order valence-corrected chi connectivity index (χ3v) is 4.25. The van der Waals surface area contributed by atoms with E-state index < -0.39 is 0 Å². The summed E-state index contributed by atoms with van der Waals surface area (Å²) in [5, 5.41) is 2.75. The van der Waals surface area contributed by atoms with E-state index in [1.807, 2.05) is 0 Å². The second-order valence-electron chi connectivity index (χ2n) is 5.93. The maximum Gasteiger partial charge on any atom is 0.220 e. The minimum absolute atomic E-state index is 0.0538. The van der Waals surface area contributed by atoms with Gasteiger partial charge in [0.15, 0.2) is 17.3 Å². The number of hydrogen-bond acceptors (Lipinski definition) is 4. The molecule has 2 rings (SSSR count). The van der Waals surface area contributed by atoms with Gasteiger partial charge < -0.3 is 14.8 Å². The van der Waals surface area contributed by atoms with Crippen molar-refractivity contribution in [3.63, 3.8) is 0 Å². The van der Waals surface area contributed by atoms with Crippen molar-refractivity contribution < 1.29 is 23.5 Å².